The number of hydrogen-bond acceptors (Lipinski definition) is 4. The second-order valence-corrected chi connectivity index (χ2v) is 3.54. The second-order valence-electron chi connectivity index (χ2n) is 3.54. The van der Waals surface area contributed by atoms with Crippen molar-refractivity contribution in [2.45, 2.75) is 0 Å². The highest BCUT2D eigenvalue weighted by atomic mass is 16.4. The maximum absolute atomic E-state index is 10.8. The molecule has 0 saturated heterocycles. The van der Waals surface area contributed by atoms with Gasteiger partial charge in [0.1, 0.15) is 11.3 Å². The molecule has 2 aromatic carbocycles. The zero-order valence-corrected chi connectivity index (χ0v) is 9.32. The molecule has 2 rings (SSSR count). The molecule has 0 bridgehead atoms. The Hall–Kier alpha value is -2.69. The summed E-state index contributed by atoms with van der Waals surface area (Å²) >= 11 is 0. The molecule has 0 aliphatic carbocycles. The minimum absolute atomic E-state index is 0.195. The Kier molecular flexibility index (Phi) is 3.33. The van der Waals surface area contributed by atoms with E-state index in [1.807, 2.05) is 18.2 Å². The van der Waals surface area contributed by atoms with Crippen molar-refractivity contribution in [2.75, 3.05) is 0 Å². The summed E-state index contributed by atoms with van der Waals surface area (Å²) in [4.78, 5) is 10.8. The molecule has 0 heterocycles. The van der Waals surface area contributed by atoms with E-state index in [4.69, 9.17) is 5.11 Å². The van der Waals surface area contributed by atoms with Crippen LogP contribution in [0.25, 0.3) is 0 Å². The van der Waals surface area contributed by atoms with E-state index < -0.39 is 5.97 Å². The maximum atomic E-state index is 10.8. The molecule has 0 radical (unpaired) electrons. The van der Waals surface area contributed by atoms with E-state index in [0.29, 0.717) is 11.4 Å². The summed E-state index contributed by atoms with van der Waals surface area (Å²) in [5, 5.41) is 26.0. The molecule has 18 heavy (non-hydrogen) atoms. The zero-order valence-electron chi connectivity index (χ0n) is 9.32. The molecule has 90 valence electrons. The van der Waals surface area contributed by atoms with E-state index in [1.54, 1.807) is 12.1 Å². The molecule has 5 heteroatoms. The van der Waals surface area contributed by atoms with E-state index in [-0.39, 0.29) is 11.3 Å². The molecule has 0 aliphatic rings. The Morgan fingerprint density at radius 3 is 2.28 bits per heavy atom. The quantitative estimate of drug-likeness (QED) is 0.808. The van der Waals surface area contributed by atoms with Crippen LogP contribution >= 0.6 is 0 Å². The summed E-state index contributed by atoms with van der Waals surface area (Å²) < 4.78 is 0. The number of rotatable bonds is 3. The smallest absolute Gasteiger partial charge is 0.339 e. The van der Waals surface area contributed by atoms with Crippen molar-refractivity contribution < 1.29 is 15.0 Å². The van der Waals surface area contributed by atoms with Gasteiger partial charge in [-0.1, -0.05) is 18.2 Å². The number of carboxylic acid groups (broad SMARTS) is 1. The lowest BCUT2D eigenvalue weighted by atomic mass is 10.2. The van der Waals surface area contributed by atoms with Crippen molar-refractivity contribution in [3.05, 3.63) is 54.1 Å². The van der Waals surface area contributed by atoms with E-state index in [2.05, 4.69) is 10.2 Å². The van der Waals surface area contributed by atoms with Crippen LogP contribution in [0.4, 0.5) is 11.4 Å². The highest BCUT2D eigenvalue weighted by Gasteiger charge is 2.09. The van der Waals surface area contributed by atoms with Gasteiger partial charge in [-0.3, -0.25) is 0 Å². The van der Waals surface area contributed by atoms with Crippen molar-refractivity contribution in [3.8, 4) is 5.75 Å². The van der Waals surface area contributed by atoms with Crippen LogP contribution in [0.3, 0.4) is 0 Å². The Morgan fingerprint density at radius 2 is 1.61 bits per heavy atom. The van der Waals surface area contributed by atoms with Gasteiger partial charge in [-0.15, -0.1) is 0 Å². The fourth-order valence-corrected chi connectivity index (χ4v) is 1.37. The van der Waals surface area contributed by atoms with Crippen molar-refractivity contribution in [1.82, 2.24) is 0 Å². The number of carboxylic acids is 1. The van der Waals surface area contributed by atoms with Crippen LogP contribution in [0.5, 0.6) is 5.75 Å². The first-order valence-electron chi connectivity index (χ1n) is 5.20. The van der Waals surface area contributed by atoms with Crippen molar-refractivity contribution in [1.29, 1.82) is 0 Å². The third-order valence-corrected chi connectivity index (χ3v) is 2.25. The third kappa shape index (κ3) is 2.70. The molecule has 0 saturated carbocycles. The molecule has 0 atom stereocenters. The van der Waals surface area contributed by atoms with Crippen LogP contribution < -0.4 is 0 Å². The second kappa shape index (κ2) is 5.09. The Balaban J connectivity index is 2.28. The number of hydrogen-bond donors (Lipinski definition) is 2. The molecule has 0 aliphatic heterocycles. The average Bonchev–Trinajstić information content (AvgIpc) is 2.38. The Morgan fingerprint density at radius 1 is 0.944 bits per heavy atom. The number of phenols is 1. The van der Waals surface area contributed by atoms with Crippen LogP contribution in [0.2, 0.25) is 0 Å². The summed E-state index contributed by atoms with van der Waals surface area (Å²) in [5.41, 5.74) is 0.844. The SMILES string of the molecule is O=C(O)c1cc(/N=N\c2ccccc2)ccc1O. The summed E-state index contributed by atoms with van der Waals surface area (Å²) in [6.45, 7) is 0. The lowest BCUT2D eigenvalue weighted by molar-refractivity contribution is 0.0694. The first-order valence-corrected chi connectivity index (χ1v) is 5.20. The number of aromatic carboxylic acids is 1. The molecule has 0 unspecified atom stereocenters. The molecule has 0 fully saturated rings. The van der Waals surface area contributed by atoms with Gasteiger partial charge in [-0.25, -0.2) is 4.79 Å². The van der Waals surface area contributed by atoms with Crippen LogP contribution in [0, 0.1) is 0 Å². The Bertz CT molecular complexity index is 594. The molecule has 2 N–H and O–H groups in total. The molecule has 0 aromatic heterocycles. The van der Waals surface area contributed by atoms with Gasteiger partial charge in [-0.2, -0.15) is 10.2 Å². The summed E-state index contributed by atoms with van der Waals surface area (Å²) in [6, 6.07) is 13.1. The predicted octanol–water partition coefficient (Wildman–Crippen LogP) is 3.51. The molecular weight excluding hydrogens is 232 g/mol. The van der Waals surface area contributed by atoms with Gasteiger partial charge in [0.2, 0.25) is 0 Å². The predicted molar refractivity (Wildman–Crippen MR) is 65.7 cm³/mol. The topological polar surface area (TPSA) is 82.2 Å². The molecule has 0 spiro atoms. The summed E-state index contributed by atoms with van der Waals surface area (Å²) in [5.74, 6) is -1.49. The van der Waals surface area contributed by atoms with Gasteiger partial charge < -0.3 is 10.2 Å². The largest absolute Gasteiger partial charge is 0.507 e. The van der Waals surface area contributed by atoms with Gasteiger partial charge >= 0.3 is 5.97 Å². The maximum Gasteiger partial charge on any atom is 0.339 e. The first kappa shape index (κ1) is 11.8. The van der Waals surface area contributed by atoms with Crippen LogP contribution in [0.15, 0.2) is 58.8 Å². The highest BCUT2D eigenvalue weighted by Crippen LogP contribution is 2.24. The normalized spacial score (nSPS) is 10.7. The minimum Gasteiger partial charge on any atom is -0.507 e. The Labute approximate surface area is 103 Å². The van der Waals surface area contributed by atoms with Crippen molar-refractivity contribution >= 4 is 17.3 Å². The van der Waals surface area contributed by atoms with Crippen LogP contribution in [0.1, 0.15) is 10.4 Å². The van der Waals surface area contributed by atoms with Gasteiger partial charge in [-0.05, 0) is 30.3 Å². The average molecular weight is 242 g/mol. The monoisotopic (exact) mass is 242 g/mol. The number of aromatic hydroxyl groups is 1. The van der Waals surface area contributed by atoms with Crippen LogP contribution in [-0.2, 0) is 0 Å². The lowest BCUT2D eigenvalue weighted by Gasteiger charge is -1.99. The van der Waals surface area contributed by atoms with E-state index in [1.165, 1.54) is 18.2 Å². The molecule has 2 aromatic rings. The van der Waals surface area contributed by atoms with Crippen LogP contribution in [-0.4, -0.2) is 16.2 Å². The van der Waals surface area contributed by atoms with Gasteiger partial charge in [0.05, 0.1) is 11.4 Å². The van der Waals surface area contributed by atoms with Gasteiger partial charge in [0.25, 0.3) is 0 Å². The molecule has 0 amide bonds. The van der Waals surface area contributed by atoms with Crippen molar-refractivity contribution in [3.63, 3.8) is 0 Å². The van der Waals surface area contributed by atoms with Gasteiger partial charge in [0, 0.05) is 0 Å². The fraction of sp³-hybridized carbons (Fsp3) is 0. The summed E-state index contributed by atoms with van der Waals surface area (Å²) in [6.07, 6.45) is 0. The van der Waals surface area contributed by atoms with Crippen molar-refractivity contribution in [2.24, 2.45) is 10.2 Å². The first-order chi connectivity index (χ1) is 8.66. The van der Waals surface area contributed by atoms with E-state index in [9.17, 15) is 9.90 Å². The standard InChI is InChI=1S/C13H10N2O3/c16-12-7-6-10(8-11(12)13(17)18)15-14-9-4-2-1-3-5-9/h1-8,16H,(H,17,18)/b15-14-. The fourth-order valence-electron chi connectivity index (χ4n) is 1.37. The molecular formula is C13H10N2O3. The minimum atomic E-state index is -1.20. The van der Waals surface area contributed by atoms with E-state index >= 15 is 0 Å². The third-order valence-electron chi connectivity index (χ3n) is 2.25. The summed E-state index contributed by atoms with van der Waals surface area (Å²) in [7, 11) is 0. The number of azo groups is 1. The number of benzene rings is 2. The highest BCUT2D eigenvalue weighted by molar-refractivity contribution is 5.91. The molecule has 5 nitrogen and oxygen atoms in total. The van der Waals surface area contributed by atoms with E-state index in [0.717, 1.165) is 0 Å². The lowest BCUT2D eigenvalue weighted by Crippen LogP contribution is -1.95. The number of carbonyl (C=O) groups is 1. The van der Waals surface area contributed by atoms with Gasteiger partial charge in [0.15, 0.2) is 0 Å². The number of nitrogens with zero attached hydrogens (tertiary/aromatic N) is 2. The zero-order chi connectivity index (χ0) is 13.0.